The number of benzene rings is 1. The number of aromatic amines is 1. The highest BCUT2D eigenvalue weighted by Crippen LogP contribution is 2.31. The molecule has 1 aromatic heterocycles. The molecule has 0 bridgehead atoms. The van der Waals surface area contributed by atoms with Gasteiger partial charge in [-0.3, -0.25) is 0 Å². The van der Waals surface area contributed by atoms with Crippen LogP contribution in [0.4, 0.5) is 4.39 Å². The van der Waals surface area contributed by atoms with Gasteiger partial charge in [-0.1, -0.05) is 6.08 Å². The van der Waals surface area contributed by atoms with Crippen molar-refractivity contribution < 1.29 is 4.39 Å². The standard InChI is InChI=1S/C14H15FN2/c1-9-14(10-4-6-16-7-5-10)12-8-11(15)2-3-13(12)17-9/h2-4,8,16-17H,5-7H2,1H3. The van der Waals surface area contributed by atoms with Gasteiger partial charge in [0.2, 0.25) is 0 Å². The first kappa shape index (κ1) is 10.5. The molecule has 0 aliphatic carbocycles. The molecule has 1 aromatic carbocycles. The van der Waals surface area contributed by atoms with Crippen LogP contribution in [0.15, 0.2) is 24.3 Å². The van der Waals surface area contributed by atoms with E-state index in [0.717, 1.165) is 36.1 Å². The van der Waals surface area contributed by atoms with Crippen LogP contribution in [0.1, 0.15) is 17.7 Å². The van der Waals surface area contributed by atoms with Gasteiger partial charge in [0.25, 0.3) is 0 Å². The lowest BCUT2D eigenvalue weighted by Gasteiger charge is -2.14. The summed E-state index contributed by atoms with van der Waals surface area (Å²) in [7, 11) is 0. The van der Waals surface area contributed by atoms with E-state index in [2.05, 4.69) is 23.3 Å². The maximum absolute atomic E-state index is 13.3. The highest BCUT2D eigenvalue weighted by Gasteiger charge is 2.14. The Balaban J connectivity index is 2.23. The summed E-state index contributed by atoms with van der Waals surface area (Å²) in [6.45, 7) is 3.94. The molecule has 2 N–H and O–H groups in total. The molecule has 0 saturated heterocycles. The lowest BCUT2D eigenvalue weighted by Crippen LogP contribution is -2.20. The van der Waals surface area contributed by atoms with Crippen molar-refractivity contribution in [3.63, 3.8) is 0 Å². The van der Waals surface area contributed by atoms with Crippen LogP contribution >= 0.6 is 0 Å². The molecule has 2 heterocycles. The normalized spacial score (nSPS) is 16.2. The largest absolute Gasteiger partial charge is 0.358 e. The zero-order valence-corrected chi connectivity index (χ0v) is 9.81. The fourth-order valence-corrected chi connectivity index (χ4v) is 2.56. The van der Waals surface area contributed by atoms with E-state index >= 15 is 0 Å². The third-order valence-electron chi connectivity index (χ3n) is 3.33. The van der Waals surface area contributed by atoms with E-state index in [0.29, 0.717) is 0 Å². The van der Waals surface area contributed by atoms with Crippen LogP contribution in [0.3, 0.4) is 0 Å². The summed E-state index contributed by atoms with van der Waals surface area (Å²) in [5.74, 6) is -0.174. The summed E-state index contributed by atoms with van der Waals surface area (Å²) in [5.41, 5.74) is 4.64. The minimum atomic E-state index is -0.174. The molecule has 3 rings (SSSR count). The predicted octanol–water partition coefficient (Wildman–Crippen LogP) is 2.99. The number of aromatic nitrogens is 1. The molecule has 0 amide bonds. The van der Waals surface area contributed by atoms with Crippen molar-refractivity contribution in [2.75, 3.05) is 13.1 Å². The monoisotopic (exact) mass is 230 g/mol. The van der Waals surface area contributed by atoms with Crippen LogP contribution in [-0.2, 0) is 0 Å². The maximum Gasteiger partial charge on any atom is 0.123 e. The highest BCUT2D eigenvalue weighted by atomic mass is 19.1. The van der Waals surface area contributed by atoms with Crippen molar-refractivity contribution in [1.82, 2.24) is 10.3 Å². The van der Waals surface area contributed by atoms with Crippen LogP contribution < -0.4 is 5.32 Å². The number of hydrogen-bond acceptors (Lipinski definition) is 1. The highest BCUT2D eigenvalue weighted by molar-refractivity contribution is 5.94. The van der Waals surface area contributed by atoms with Crippen molar-refractivity contribution in [3.05, 3.63) is 41.3 Å². The minimum Gasteiger partial charge on any atom is -0.358 e. The minimum absolute atomic E-state index is 0.174. The van der Waals surface area contributed by atoms with Gasteiger partial charge in [-0.25, -0.2) is 4.39 Å². The third kappa shape index (κ3) is 1.76. The van der Waals surface area contributed by atoms with Gasteiger partial charge < -0.3 is 10.3 Å². The molecule has 1 aliphatic heterocycles. The zero-order chi connectivity index (χ0) is 11.8. The average Bonchev–Trinajstić information content (AvgIpc) is 2.65. The Bertz CT molecular complexity index is 596. The number of fused-ring (bicyclic) bond motifs is 1. The summed E-state index contributed by atoms with van der Waals surface area (Å²) < 4.78 is 13.3. The van der Waals surface area contributed by atoms with Crippen molar-refractivity contribution in [1.29, 1.82) is 0 Å². The summed E-state index contributed by atoms with van der Waals surface area (Å²) in [6.07, 6.45) is 3.20. The number of H-pyrrole nitrogens is 1. The molecular weight excluding hydrogens is 215 g/mol. The van der Waals surface area contributed by atoms with Gasteiger partial charge >= 0.3 is 0 Å². The topological polar surface area (TPSA) is 27.8 Å². The molecule has 0 spiro atoms. The number of halogens is 1. The molecule has 0 radical (unpaired) electrons. The van der Waals surface area contributed by atoms with E-state index in [-0.39, 0.29) is 5.82 Å². The van der Waals surface area contributed by atoms with Gasteiger partial charge in [0.1, 0.15) is 5.82 Å². The Morgan fingerprint density at radius 1 is 1.29 bits per heavy atom. The third-order valence-corrected chi connectivity index (χ3v) is 3.33. The Morgan fingerprint density at radius 3 is 2.94 bits per heavy atom. The van der Waals surface area contributed by atoms with Crippen LogP contribution in [0.2, 0.25) is 0 Å². The van der Waals surface area contributed by atoms with Gasteiger partial charge in [0.15, 0.2) is 0 Å². The van der Waals surface area contributed by atoms with E-state index in [4.69, 9.17) is 0 Å². The molecule has 0 unspecified atom stereocenters. The Kier molecular flexibility index (Phi) is 2.48. The molecule has 2 nitrogen and oxygen atoms in total. The number of rotatable bonds is 1. The quantitative estimate of drug-likeness (QED) is 0.774. The second-order valence-electron chi connectivity index (χ2n) is 4.50. The molecule has 0 fully saturated rings. The van der Waals surface area contributed by atoms with Gasteiger partial charge in [-0.15, -0.1) is 0 Å². The Hall–Kier alpha value is -1.61. The van der Waals surface area contributed by atoms with Crippen LogP contribution in [0, 0.1) is 12.7 Å². The number of hydrogen-bond donors (Lipinski definition) is 2. The van der Waals surface area contributed by atoms with E-state index in [1.54, 1.807) is 6.07 Å². The van der Waals surface area contributed by atoms with Crippen molar-refractivity contribution in [2.45, 2.75) is 13.3 Å². The molecule has 0 saturated carbocycles. The van der Waals surface area contributed by atoms with E-state index in [9.17, 15) is 4.39 Å². The predicted molar refractivity (Wildman–Crippen MR) is 68.5 cm³/mol. The van der Waals surface area contributed by atoms with Gasteiger partial charge in [-0.2, -0.15) is 0 Å². The van der Waals surface area contributed by atoms with E-state index < -0.39 is 0 Å². The van der Waals surface area contributed by atoms with Gasteiger partial charge in [0, 0.05) is 28.7 Å². The molecule has 3 heteroatoms. The first-order chi connectivity index (χ1) is 8.25. The SMILES string of the molecule is Cc1[nH]c2ccc(F)cc2c1C1=CCNCC1. The average molecular weight is 230 g/mol. The van der Waals surface area contributed by atoms with Gasteiger partial charge in [0.05, 0.1) is 0 Å². The van der Waals surface area contributed by atoms with Crippen molar-refractivity contribution in [2.24, 2.45) is 0 Å². The van der Waals surface area contributed by atoms with Crippen molar-refractivity contribution >= 4 is 16.5 Å². The molecule has 2 aromatic rings. The fourth-order valence-electron chi connectivity index (χ4n) is 2.56. The molecule has 1 aliphatic rings. The molecule has 17 heavy (non-hydrogen) atoms. The second-order valence-corrected chi connectivity index (χ2v) is 4.50. The maximum atomic E-state index is 13.3. The molecule has 0 atom stereocenters. The van der Waals surface area contributed by atoms with Crippen LogP contribution in [0.25, 0.3) is 16.5 Å². The van der Waals surface area contributed by atoms with E-state index in [1.807, 2.05) is 6.07 Å². The first-order valence-electron chi connectivity index (χ1n) is 5.93. The fraction of sp³-hybridized carbons (Fsp3) is 0.286. The lowest BCUT2D eigenvalue weighted by atomic mass is 9.97. The number of aryl methyl sites for hydroxylation is 1. The van der Waals surface area contributed by atoms with Gasteiger partial charge in [-0.05, 0) is 43.7 Å². The smallest absolute Gasteiger partial charge is 0.123 e. The first-order valence-corrected chi connectivity index (χ1v) is 5.93. The second kappa shape index (κ2) is 4.00. The van der Waals surface area contributed by atoms with Crippen LogP contribution in [-0.4, -0.2) is 18.1 Å². The summed E-state index contributed by atoms with van der Waals surface area (Å²) >= 11 is 0. The Labute approximate surface area is 99.5 Å². The summed E-state index contributed by atoms with van der Waals surface area (Å²) in [6, 6.07) is 4.93. The zero-order valence-electron chi connectivity index (χ0n) is 9.81. The summed E-state index contributed by atoms with van der Waals surface area (Å²) in [5, 5.41) is 4.29. The Morgan fingerprint density at radius 2 is 2.18 bits per heavy atom. The summed E-state index contributed by atoms with van der Waals surface area (Å²) in [4.78, 5) is 3.32. The van der Waals surface area contributed by atoms with Crippen molar-refractivity contribution in [3.8, 4) is 0 Å². The van der Waals surface area contributed by atoms with Crippen LogP contribution in [0.5, 0.6) is 0 Å². The van der Waals surface area contributed by atoms with E-state index in [1.165, 1.54) is 17.2 Å². The molecular formula is C14H15FN2. The lowest BCUT2D eigenvalue weighted by molar-refractivity contribution is 0.629. The molecule has 88 valence electrons. The number of nitrogens with one attached hydrogen (secondary N) is 2.